The third-order valence-corrected chi connectivity index (χ3v) is 8.98. The fourth-order valence-electron chi connectivity index (χ4n) is 1.85. The van der Waals surface area contributed by atoms with Crippen LogP contribution in [0.3, 0.4) is 0 Å². The summed E-state index contributed by atoms with van der Waals surface area (Å²) in [5.74, 6) is 0.208. The Labute approximate surface area is 141 Å². The molecule has 0 saturated carbocycles. The molecule has 0 radical (unpaired) electrons. The maximum absolute atomic E-state index is 12.6. The molecule has 1 N–H and O–H groups in total. The summed E-state index contributed by atoms with van der Waals surface area (Å²) in [6, 6.07) is 7.23. The zero-order chi connectivity index (χ0) is 18.2. The number of imidazole rings is 1. The lowest BCUT2D eigenvalue weighted by molar-refractivity contribution is -0.140. The monoisotopic (exact) mass is 356 g/mol. The first-order valence-corrected chi connectivity index (χ1v) is 10.7. The predicted octanol–water partition coefficient (Wildman–Crippen LogP) is 5.62. The number of aromatic nitrogens is 2. The summed E-state index contributed by atoms with van der Waals surface area (Å²) in [6.45, 7) is 11.4. The van der Waals surface area contributed by atoms with Gasteiger partial charge in [-0.15, -0.1) is 0 Å². The van der Waals surface area contributed by atoms with Gasteiger partial charge >= 0.3 is 6.18 Å². The molecule has 1 aromatic carbocycles. The van der Waals surface area contributed by atoms with Gasteiger partial charge in [0.05, 0.1) is 6.61 Å². The van der Waals surface area contributed by atoms with Crippen molar-refractivity contribution in [1.82, 2.24) is 9.97 Å². The van der Waals surface area contributed by atoms with E-state index in [4.69, 9.17) is 4.43 Å². The van der Waals surface area contributed by atoms with Crippen molar-refractivity contribution in [3.63, 3.8) is 0 Å². The lowest BCUT2D eigenvalue weighted by atomic mass is 10.1. The molecular weight excluding hydrogens is 333 g/mol. The first kappa shape index (κ1) is 18.7. The van der Waals surface area contributed by atoms with Gasteiger partial charge in [0.1, 0.15) is 5.82 Å². The van der Waals surface area contributed by atoms with Gasteiger partial charge in [0.15, 0.2) is 14.0 Å². The summed E-state index contributed by atoms with van der Waals surface area (Å²) in [7, 11) is -1.83. The van der Waals surface area contributed by atoms with Gasteiger partial charge < -0.3 is 9.41 Å². The van der Waals surface area contributed by atoms with E-state index >= 15 is 0 Å². The van der Waals surface area contributed by atoms with Crippen LogP contribution in [0, 0.1) is 0 Å². The summed E-state index contributed by atoms with van der Waals surface area (Å²) < 4.78 is 43.9. The molecule has 7 heteroatoms. The van der Waals surface area contributed by atoms with Crippen molar-refractivity contribution in [2.45, 2.75) is 51.7 Å². The van der Waals surface area contributed by atoms with E-state index in [2.05, 4.69) is 43.8 Å². The largest absolute Gasteiger partial charge is 0.434 e. The Bertz CT molecular complexity index is 685. The molecule has 0 spiro atoms. The van der Waals surface area contributed by atoms with Crippen LogP contribution in [0.1, 0.15) is 32.0 Å². The number of H-pyrrole nitrogens is 1. The molecule has 0 unspecified atom stereocenters. The third kappa shape index (κ3) is 4.27. The molecular formula is C17H23F3N2OSi. The van der Waals surface area contributed by atoms with Crippen molar-refractivity contribution in [2.75, 3.05) is 0 Å². The minimum atomic E-state index is -4.44. The minimum absolute atomic E-state index is 0.134. The Morgan fingerprint density at radius 3 is 2.12 bits per heavy atom. The standard InChI is InChI=1S/C17H23F3N2OSi/c1-16(2,3)24(4,5)23-11-12-6-8-13(9-7-12)15-21-10-14(22-15)17(18,19)20/h6-10H,11H2,1-5H3,(H,21,22). The van der Waals surface area contributed by atoms with Gasteiger partial charge in [-0.05, 0) is 23.7 Å². The second kappa shape index (κ2) is 6.37. The zero-order valence-corrected chi connectivity index (χ0v) is 15.6. The fraction of sp³-hybridized carbons (Fsp3) is 0.471. The average Bonchev–Trinajstić information content (AvgIpc) is 2.94. The molecule has 3 nitrogen and oxygen atoms in total. The van der Waals surface area contributed by atoms with E-state index < -0.39 is 20.2 Å². The molecule has 0 bridgehead atoms. The second-order valence-electron chi connectivity index (χ2n) is 7.38. The highest BCUT2D eigenvalue weighted by atomic mass is 28.4. The van der Waals surface area contributed by atoms with Gasteiger partial charge in [0, 0.05) is 11.8 Å². The molecule has 0 atom stereocenters. The number of nitrogens with zero attached hydrogens (tertiary/aromatic N) is 1. The van der Waals surface area contributed by atoms with Crippen molar-refractivity contribution >= 4 is 8.32 Å². The fourth-order valence-corrected chi connectivity index (χ4v) is 2.81. The van der Waals surface area contributed by atoms with Crippen LogP contribution in [0.2, 0.25) is 18.1 Å². The van der Waals surface area contributed by atoms with E-state index in [1.807, 2.05) is 12.1 Å². The number of nitrogens with one attached hydrogen (secondary N) is 1. The molecule has 1 heterocycles. The minimum Gasteiger partial charge on any atom is -0.413 e. The van der Waals surface area contributed by atoms with Crippen molar-refractivity contribution in [1.29, 1.82) is 0 Å². The van der Waals surface area contributed by atoms with Crippen LogP contribution in [-0.4, -0.2) is 18.3 Å². The molecule has 0 aliphatic heterocycles. The SMILES string of the molecule is CC(C)(C)[Si](C)(C)OCc1ccc(-c2nc(C(F)(F)F)c[nH]2)cc1. The maximum Gasteiger partial charge on any atom is 0.434 e. The van der Waals surface area contributed by atoms with Gasteiger partial charge in [-0.3, -0.25) is 0 Å². The van der Waals surface area contributed by atoms with Crippen molar-refractivity contribution in [3.05, 3.63) is 41.7 Å². The summed E-state index contributed by atoms with van der Waals surface area (Å²) in [5.41, 5.74) is 0.690. The molecule has 0 amide bonds. The Hall–Kier alpha value is -1.60. The Balaban J connectivity index is 2.07. The normalized spacial score (nSPS) is 13.3. The van der Waals surface area contributed by atoms with Crippen LogP contribution in [0.5, 0.6) is 0 Å². The summed E-state index contributed by atoms with van der Waals surface area (Å²) in [6.07, 6.45) is -3.56. The number of aromatic amines is 1. The van der Waals surface area contributed by atoms with E-state index in [0.717, 1.165) is 11.8 Å². The number of alkyl halides is 3. The Morgan fingerprint density at radius 2 is 1.67 bits per heavy atom. The maximum atomic E-state index is 12.6. The molecule has 2 rings (SSSR count). The van der Waals surface area contributed by atoms with Crippen LogP contribution in [-0.2, 0) is 17.2 Å². The van der Waals surface area contributed by atoms with Crippen molar-refractivity contribution in [3.8, 4) is 11.4 Å². The summed E-state index contributed by atoms with van der Waals surface area (Å²) in [4.78, 5) is 6.16. The number of hydrogen-bond acceptors (Lipinski definition) is 2. The number of hydrogen-bond donors (Lipinski definition) is 1. The molecule has 0 aliphatic carbocycles. The molecule has 1 aromatic heterocycles. The van der Waals surface area contributed by atoms with Gasteiger partial charge in [-0.1, -0.05) is 45.0 Å². The molecule has 132 valence electrons. The van der Waals surface area contributed by atoms with E-state index in [1.54, 1.807) is 12.1 Å². The van der Waals surface area contributed by atoms with Gasteiger partial charge in [0.25, 0.3) is 0 Å². The highest BCUT2D eigenvalue weighted by Gasteiger charge is 2.37. The van der Waals surface area contributed by atoms with E-state index in [0.29, 0.717) is 12.2 Å². The average molecular weight is 356 g/mol. The molecule has 0 fully saturated rings. The van der Waals surface area contributed by atoms with Gasteiger partial charge in [-0.25, -0.2) is 4.98 Å². The quantitative estimate of drug-likeness (QED) is 0.722. The van der Waals surface area contributed by atoms with Crippen LogP contribution in [0.15, 0.2) is 30.5 Å². The van der Waals surface area contributed by atoms with E-state index in [9.17, 15) is 13.2 Å². The van der Waals surface area contributed by atoms with Crippen LogP contribution in [0.4, 0.5) is 13.2 Å². The Morgan fingerprint density at radius 1 is 1.08 bits per heavy atom. The smallest absolute Gasteiger partial charge is 0.413 e. The highest BCUT2D eigenvalue weighted by Crippen LogP contribution is 2.37. The molecule has 24 heavy (non-hydrogen) atoms. The second-order valence-corrected chi connectivity index (χ2v) is 12.2. The van der Waals surface area contributed by atoms with Crippen molar-refractivity contribution in [2.24, 2.45) is 0 Å². The van der Waals surface area contributed by atoms with Gasteiger partial charge in [0.2, 0.25) is 0 Å². The topological polar surface area (TPSA) is 37.9 Å². The van der Waals surface area contributed by atoms with Gasteiger partial charge in [-0.2, -0.15) is 13.2 Å². The number of rotatable bonds is 4. The van der Waals surface area contributed by atoms with Crippen LogP contribution < -0.4 is 0 Å². The zero-order valence-electron chi connectivity index (χ0n) is 14.6. The first-order valence-electron chi connectivity index (χ1n) is 7.76. The number of benzene rings is 1. The summed E-state index contributed by atoms with van der Waals surface area (Å²) in [5, 5.41) is 0.134. The lowest BCUT2D eigenvalue weighted by Crippen LogP contribution is -2.40. The third-order valence-electron chi connectivity index (χ3n) is 4.50. The lowest BCUT2D eigenvalue weighted by Gasteiger charge is -2.36. The van der Waals surface area contributed by atoms with E-state index in [1.165, 1.54) is 0 Å². The van der Waals surface area contributed by atoms with E-state index in [-0.39, 0.29) is 10.9 Å². The number of halogens is 3. The van der Waals surface area contributed by atoms with Crippen LogP contribution >= 0.6 is 0 Å². The molecule has 2 aromatic rings. The predicted molar refractivity (Wildman–Crippen MR) is 91.0 cm³/mol. The Kier molecular flexibility index (Phi) is 4.97. The first-order chi connectivity index (χ1) is 10.9. The molecule has 0 aliphatic rings. The highest BCUT2D eigenvalue weighted by molar-refractivity contribution is 6.74. The summed E-state index contributed by atoms with van der Waals surface area (Å²) >= 11 is 0. The van der Waals surface area contributed by atoms with Crippen molar-refractivity contribution < 1.29 is 17.6 Å². The van der Waals surface area contributed by atoms with Crippen LogP contribution in [0.25, 0.3) is 11.4 Å². The molecule has 0 saturated heterocycles.